The van der Waals surface area contributed by atoms with Crippen molar-refractivity contribution in [2.24, 2.45) is 5.92 Å². The number of hydrogen-bond acceptors (Lipinski definition) is 3. The Balaban J connectivity index is 1.92. The molecule has 0 aromatic heterocycles. The van der Waals surface area contributed by atoms with Crippen LogP contribution in [0.2, 0.25) is 0 Å². The average molecular weight is 396 g/mol. The summed E-state index contributed by atoms with van der Waals surface area (Å²) in [7, 11) is 0. The summed E-state index contributed by atoms with van der Waals surface area (Å²) in [5.74, 6) is -0.921. The van der Waals surface area contributed by atoms with Crippen LogP contribution in [0.25, 0.3) is 0 Å². The van der Waals surface area contributed by atoms with E-state index in [0.29, 0.717) is 18.7 Å². The van der Waals surface area contributed by atoms with E-state index in [4.69, 9.17) is 0 Å². The van der Waals surface area contributed by atoms with Gasteiger partial charge in [-0.15, -0.1) is 0 Å². The lowest BCUT2D eigenvalue weighted by atomic mass is 10.1. The quantitative estimate of drug-likeness (QED) is 0.685. The number of nitrogens with one attached hydrogen (secondary N) is 2. The molecule has 1 atom stereocenters. The monoisotopic (exact) mass is 395 g/mol. The predicted molar refractivity (Wildman–Crippen MR) is 114 cm³/mol. The van der Waals surface area contributed by atoms with Crippen molar-refractivity contribution < 1.29 is 14.4 Å². The fourth-order valence-electron chi connectivity index (χ4n) is 2.84. The molecular weight excluding hydrogens is 366 g/mol. The number of rotatable bonds is 9. The lowest BCUT2D eigenvalue weighted by Gasteiger charge is -2.25. The molecule has 0 unspecified atom stereocenters. The number of hydrogen-bond donors (Lipinski definition) is 2. The summed E-state index contributed by atoms with van der Waals surface area (Å²) in [6.45, 7) is 5.85. The standard InChI is InChI=1S/C23H29N3O3/c1-4-18(3)23(29)26(15-19-10-6-5-7-11-19)16-22(28)24-14-21(27)25-20-12-8-9-17(2)13-20/h5-13,18H,4,14-16H2,1-3H3,(H,24,28)(H,25,27)/t18-/m0/s1. The van der Waals surface area contributed by atoms with Crippen LogP contribution >= 0.6 is 0 Å². The van der Waals surface area contributed by atoms with Crippen LogP contribution in [0.4, 0.5) is 5.69 Å². The highest BCUT2D eigenvalue weighted by Gasteiger charge is 2.22. The van der Waals surface area contributed by atoms with Gasteiger partial charge in [0.15, 0.2) is 0 Å². The van der Waals surface area contributed by atoms with Gasteiger partial charge >= 0.3 is 0 Å². The van der Waals surface area contributed by atoms with Gasteiger partial charge < -0.3 is 15.5 Å². The van der Waals surface area contributed by atoms with Crippen LogP contribution in [0, 0.1) is 12.8 Å². The third kappa shape index (κ3) is 7.41. The highest BCUT2D eigenvalue weighted by molar-refractivity contribution is 5.95. The SMILES string of the molecule is CC[C@H](C)C(=O)N(CC(=O)NCC(=O)Nc1cccc(C)c1)Cc1ccccc1. The Labute approximate surface area is 172 Å². The highest BCUT2D eigenvalue weighted by Crippen LogP contribution is 2.12. The Morgan fingerprint density at radius 2 is 1.72 bits per heavy atom. The van der Waals surface area contributed by atoms with Gasteiger partial charge in [-0.1, -0.05) is 56.3 Å². The number of anilines is 1. The summed E-state index contributed by atoms with van der Waals surface area (Å²) < 4.78 is 0. The molecule has 0 aliphatic rings. The van der Waals surface area contributed by atoms with E-state index < -0.39 is 0 Å². The third-order valence-corrected chi connectivity index (χ3v) is 4.64. The molecule has 154 valence electrons. The van der Waals surface area contributed by atoms with Crippen LogP contribution in [-0.2, 0) is 20.9 Å². The number of aryl methyl sites for hydroxylation is 1. The molecule has 2 N–H and O–H groups in total. The molecule has 0 saturated heterocycles. The van der Waals surface area contributed by atoms with Crippen molar-refractivity contribution in [1.29, 1.82) is 0 Å². The first-order valence-corrected chi connectivity index (χ1v) is 9.85. The largest absolute Gasteiger partial charge is 0.345 e. The van der Waals surface area contributed by atoms with Crippen LogP contribution in [0.5, 0.6) is 0 Å². The summed E-state index contributed by atoms with van der Waals surface area (Å²) >= 11 is 0. The molecule has 2 rings (SSSR count). The van der Waals surface area contributed by atoms with E-state index in [1.807, 2.05) is 69.3 Å². The minimum atomic E-state index is -0.364. The molecule has 0 aliphatic carbocycles. The molecule has 29 heavy (non-hydrogen) atoms. The molecule has 0 spiro atoms. The van der Waals surface area contributed by atoms with E-state index >= 15 is 0 Å². The molecule has 6 nitrogen and oxygen atoms in total. The lowest BCUT2D eigenvalue weighted by molar-refractivity contribution is -0.139. The maximum Gasteiger partial charge on any atom is 0.243 e. The maximum atomic E-state index is 12.7. The van der Waals surface area contributed by atoms with Gasteiger partial charge in [0.25, 0.3) is 0 Å². The van der Waals surface area contributed by atoms with Crippen molar-refractivity contribution in [3.8, 4) is 0 Å². The second-order valence-corrected chi connectivity index (χ2v) is 7.18. The first-order chi connectivity index (χ1) is 13.9. The smallest absolute Gasteiger partial charge is 0.243 e. The predicted octanol–water partition coefficient (Wildman–Crippen LogP) is 3.12. The van der Waals surface area contributed by atoms with Gasteiger partial charge in [-0.3, -0.25) is 14.4 Å². The van der Waals surface area contributed by atoms with E-state index in [1.54, 1.807) is 6.07 Å². The molecule has 6 heteroatoms. The Kier molecular flexibility index (Phi) is 8.40. The maximum absolute atomic E-state index is 12.7. The summed E-state index contributed by atoms with van der Waals surface area (Å²) in [5.41, 5.74) is 2.67. The molecule has 2 aromatic rings. The Morgan fingerprint density at radius 1 is 1.00 bits per heavy atom. The van der Waals surface area contributed by atoms with Crippen LogP contribution in [0.15, 0.2) is 54.6 Å². The fourth-order valence-corrected chi connectivity index (χ4v) is 2.84. The number of benzene rings is 2. The summed E-state index contributed by atoms with van der Waals surface area (Å²) in [5, 5.41) is 5.35. The van der Waals surface area contributed by atoms with Gasteiger partial charge in [0.1, 0.15) is 0 Å². The minimum absolute atomic E-state index is 0.0734. The van der Waals surface area contributed by atoms with Crippen LogP contribution in [-0.4, -0.2) is 35.7 Å². The van der Waals surface area contributed by atoms with Gasteiger partial charge in [0.05, 0.1) is 13.1 Å². The van der Waals surface area contributed by atoms with E-state index in [-0.39, 0.29) is 36.7 Å². The fraction of sp³-hybridized carbons (Fsp3) is 0.348. The lowest BCUT2D eigenvalue weighted by Crippen LogP contribution is -2.44. The molecule has 0 saturated carbocycles. The summed E-state index contributed by atoms with van der Waals surface area (Å²) in [6.07, 6.45) is 0.699. The normalized spacial score (nSPS) is 11.4. The molecule has 0 aliphatic heterocycles. The van der Waals surface area contributed by atoms with E-state index in [1.165, 1.54) is 4.90 Å². The van der Waals surface area contributed by atoms with Crippen LogP contribution in [0.3, 0.4) is 0 Å². The van der Waals surface area contributed by atoms with Crippen LogP contribution in [0.1, 0.15) is 31.4 Å². The molecule has 0 fully saturated rings. The zero-order valence-electron chi connectivity index (χ0n) is 17.3. The molecule has 0 radical (unpaired) electrons. The first-order valence-electron chi connectivity index (χ1n) is 9.85. The molecule has 2 aromatic carbocycles. The van der Waals surface area contributed by atoms with Crippen molar-refractivity contribution in [3.63, 3.8) is 0 Å². The third-order valence-electron chi connectivity index (χ3n) is 4.64. The van der Waals surface area contributed by atoms with E-state index in [2.05, 4.69) is 10.6 Å². The van der Waals surface area contributed by atoms with Gasteiger partial charge in [-0.2, -0.15) is 0 Å². The zero-order chi connectivity index (χ0) is 21.2. The minimum Gasteiger partial charge on any atom is -0.345 e. The van der Waals surface area contributed by atoms with Crippen molar-refractivity contribution in [3.05, 3.63) is 65.7 Å². The molecule has 0 bridgehead atoms. The van der Waals surface area contributed by atoms with Crippen molar-refractivity contribution in [1.82, 2.24) is 10.2 Å². The van der Waals surface area contributed by atoms with Crippen molar-refractivity contribution in [2.75, 3.05) is 18.4 Å². The zero-order valence-corrected chi connectivity index (χ0v) is 17.3. The Bertz CT molecular complexity index is 836. The van der Waals surface area contributed by atoms with Crippen LogP contribution < -0.4 is 10.6 Å². The van der Waals surface area contributed by atoms with Crippen molar-refractivity contribution in [2.45, 2.75) is 33.7 Å². The molecule has 3 amide bonds. The van der Waals surface area contributed by atoms with E-state index in [0.717, 1.165) is 11.1 Å². The van der Waals surface area contributed by atoms with Gasteiger partial charge in [-0.25, -0.2) is 0 Å². The number of carbonyl (C=O) groups is 3. The second-order valence-electron chi connectivity index (χ2n) is 7.18. The Morgan fingerprint density at radius 3 is 2.38 bits per heavy atom. The number of carbonyl (C=O) groups excluding carboxylic acids is 3. The first kappa shape index (κ1) is 22.1. The molecule has 0 heterocycles. The Hall–Kier alpha value is -3.15. The van der Waals surface area contributed by atoms with E-state index in [9.17, 15) is 14.4 Å². The number of nitrogens with zero attached hydrogens (tertiary/aromatic N) is 1. The topological polar surface area (TPSA) is 78.5 Å². The van der Waals surface area contributed by atoms with Gasteiger partial charge in [0, 0.05) is 18.2 Å². The second kappa shape index (κ2) is 11.0. The highest BCUT2D eigenvalue weighted by atomic mass is 16.2. The molecular formula is C23H29N3O3. The number of amides is 3. The summed E-state index contributed by atoms with van der Waals surface area (Å²) in [4.78, 5) is 38.7. The van der Waals surface area contributed by atoms with Gasteiger partial charge in [-0.05, 0) is 36.6 Å². The van der Waals surface area contributed by atoms with Gasteiger partial charge in [0.2, 0.25) is 17.7 Å². The van der Waals surface area contributed by atoms with Crippen molar-refractivity contribution >= 4 is 23.4 Å². The average Bonchev–Trinajstić information content (AvgIpc) is 2.71. The summed E-state index contributed by atoms with van der Waals surface area (Å²) in [6, 6.07) is 17.0.